The SMILES string of the molecule is CCN(c1ccccc1)c1c(-c2ccc(C)cc2)c(=O)c1=O. The van der Waals surface area contributed by atoms with E-state index >= 15 is 0 Å². The predicted octanol–water partition coefficient (Wildman–Crippen LogP) is 3.42. The molecule has 3 rings (SSSR count). The van der Waals surface area contributed by atoms with Gasteiger partial charge in [-0.1, -0.05) is 48.0 Å². The predicted molar refractivity (Wildman–Crippen MR) is 90.6 cm³/mol. The fraction of sp³-hybridized carbons (Fsp3) is 0.158. The van der Waals surface area contributed by atoms with E-state index in [2.05, 4.69) is 0 Å². The molecular formula is C19H17NO2. The molecule has 0 radical (unpaired) electrons. The van der Waals surface area contributed by atoms with Crippen molar-refractivity contribution in [2.75, 3.05) is 11.4 Å². The Morgan fingerprint density at radius 2 is 1.50 bits per heavy atom. The van der Waals surface area contributed by atoms with E-state index in [9.17, 15) is 9.59 Å². The summed E-state index contributed by atoms with van der Waals surface area (Å²) in [5, 5.41) is 0. The first-order chi connectivity index (χ1) is 10.6. The quantitative estimate of drug-likeness (QED) is 0.691. The maximum atomic E-state index is 12.1. The van der Waals surface area contributed by atoms with Gasteiger partial charge >= 0.3 is 0 Å². The van der Waals surface area contributed by atoms with Crippen LogP contribution >= 0.6 is 0 Å². The summed E-state index contributed by atoms with van der Waals surface area (Å²) in [6.45, 7) is 4.60. The lowest BCUT2D eigenvalue weighted by molar-refractivity contribution is 1.01. The molecule has 22 heavy (non-hydrogen) atoms. The monoisotopic (exact) mass is 291 g/mol. The largest absolute Gasteiger partial charge is 0.338 e. The van der Waals surface area contributed by atoms with E-state index in [0.29, 0.717) is 17.8 Å². The topological polar surface area (TPSA) is 37.4 Å². The van der Waals surface area contributed by atoms with Crippen LogP contribution in [0.15, 0.2) is 64.2 Å². The summed E-state index contributed by atoms with van der Waals surface area (Å²) < 4.78 is 0. The smallest absolute Gasteiger partial charge is 0.250 e. The molecule has 0 aliphatic rings. The van der Waals surface area contributed by atoms with Crippen molar-refractivity contribution < 1.29 is 0 Å². The highest BCUT2D eigenvalue weighted by Gasteiger charge is 2.26. The van der Waals surface area contributed by atoms with E-state index in [1.54, 1.807) is 0 Å². The molecule has 0 aliphatic carbocycles. The van der Waals surface area contributed by atoms with Gasteiger partial charge < -0.3 is 4.90 Å². The lowest BCUT2D eigenvalue weighted by Gasteiger charge is -2.26. The van der Waals surface area contributed by atoms with Gasteiger partial charge in [0.15, 0.2) is 0 Å². The molecule has 0 heterocycles. The van der Waals surface area contributed by atoms with E-state index in [1.165, 1.54) is 0 Å². The zero-order chi connectivity index (χ0) is 15.7. The van der Waals surface area contributed by atoms with Crippen LogP contribution in [-0.2, 0) is 0 Å². The van der Waals surface area contributed by atoms with Crippen LogP contribution in [-0.4, -0.2) is 6.54 Å². The summed E-state index contributed by atoms with van der Waals surface area (Å²) >= 11 is 0. The van der Waals surface area contributed by atoms with Gasteiger partial charge in [0.05, 0.1) is 5.56 Å². The molecule has 0 aliphatic heterocycles. The highest BCUT2D eigenvalue weighted by molar-refractivity contribution is 5.86. The van der Waals surface area contributed by atoms with Crippen molar-refractivity contribution in [3.63, 3.8) is 0 Å². The third-order valence-electron chi connectivity index (χ3n) is 3.88. The van der Waals surface area contributed by atoms with Crippen LogP contribution in [0.2, 0.25) is 0 Å². The lowest BCUT2D eigenvalue weighted by atomic mass is 9.96. The van der Waals surface area contributed by atoms with Gasteiger partial charge in [0, 0.05) is 12.2 Å². The highest BCUT2D eigenvalue weighted by Crippen LogP contribution is 2.31. The Hall–Kier alpha value is -2.68. The van der Waals surface area contributed by atoms with E-state index in [0.717, 1.165) is 16.8 Å². The maximum absolute atomic E-state index is 12.1. The molecule has 0 unspecified atom stereocenters. The van der Waals surface area contributed by atoms with Crippen LogP contribution < -0.4 is 15.8 Å². The number of hydrogen-bond donors (Lipinski definition) is 0. The Morgan fingerprint density at radius 3 is 2.09 bits per heavy atom. The van der Waals surface area contributed by atoms with Gasteiger partial charge in [-0.3, -0.25) is 9.59 Å². The van der Waals surface area contributed by atoms with Crippen molar-refractivity contribution in [1.29, 1.82) is 0 Å². The molecule has 0 fully saturated rings. The number of nitrogens with zero attached hydrogens (tertiary/aromatic N) is 1. The number of aryl methyl sites for hydroxylation is 1. The van der Waals surface area contributed by atoms with Gasteiger partial charge in [0.2, 0.25) is 5.43 Å². The van der Waals surface area contributed by atoms with Crippen molar-refractivity contribution >= 4 is 11.4 Å². The summed E-state index contributed by atoms with van der Waals surface area (Å²) in [6, 6.07) is 17.4. The van der Waals surface area contributed by atoms with Crippen LogP contribution in [0.25, 0.3) is 11.1 Å². The van der Waals surface area contributed by atoms with Crippen LogP contribution in [0.5, 0.6) is 0 Å². The van der Waals surface area contributed by atoms with Crippen molar-refractivity contribution in [3.8, 4) is 11.1 Å². The zero-order valence-electron chi connectivity index (χ0n) is 12.7. The molecule has 3 nitrogen and oxygen atoms in total. The van der Waals surface area contributed by atoms with Crippen LogP contribution in [0.4, 0.5) is 11.4 Å². The molecular weight excluding hydrogens is 274 g/mol. The summed E-state index contributed by atoms with van der Waals surface area (Å²) in [7, 11) is 0. The average molecular weight is 291 g/mol. The van der Waals surface area contributed by atoms with Gasteiger partial charge in [-0.2, -0.15) is 0 Å². The molecule has 0 spiro atoms. The first-order valence-corrected chi connectivity index (χ1v) is 7.36. The molecule has 110 valence electrons. The third-order valence-corrected chi connectivity index (χ3v) is 3.88. The first kappa shape index (κ1) is 14.3. The minimum Gasteiger partial charge on any atom is -0.338 e. The van der Waals surface area contributed by atoms with Gasteiger partial charge in [0.1, 0.15) is 5.69 Å². The minimum atomic E-state index is -0.402. The fourth-order valence-corrected chi connectivity index (χ4v) is 2.70. The van der Waals surface area contributed by atoms with Gasteiger partial charge in [-0.05, 0) is 31.5 Å². The molecule has 3 aromatic carbocycles. The Balaban J connectivity index is 2.12. The Morgan fingerprint density at radius 1 is 0.864 bits per heavy atom. The molecule has 0 saturated carbocycles. The van der Waals surface area contributed by atoms with Crippen LogP contribution in [0.1, 0.15) is 12.5 Å². The summed E-state index contributed by atoms with van der Waals surface area (Å²) in [6.07, 6.45) is 0. The van der Waals surface area contributed by atoms with Gasteiger partial charge in [0.25, 0.3) is 5.43 Å². The van der Waals surface area contributed by atoms with Crippen molar-refractivity contribution in [1.82, 2.24) is 0 Å². The molecule has 0 aromatic heterocycles. The number of benzene rings is 2. The second-order valence-corrected chi connectivity index (χ2v) is 5.33. The second-order valence-electron chi connectivity index (χ2n) is 5.33. The fourth-order valence-electron chi connectivity index (χ4n) is 2.70. The average Bonchev–Trinajstić information content (AvgIpc) is 2.56. The Labute approximate surface area is 129 Å². The van der Waals surface area contributed by atoms with E-state index < -0.39 is 10.9 Å². The number of para-hydroxylation sites is 1. The Kier molecular flexibility index (Phi) is 3.63. The standard InChI is InChI=1S/C19H17NO2/c1-3-20(15-7-5-4-6-8-15)17-16(18(21)19(17)22)14-11-9-13(2)10-12-14/h4-12H,3H2,1-2H3. The summed E-state index contributed by atoms with van der Waals surface area (Å²) in [5.74, 6) is 0. The maximum Gasteiger partial charge on any atom is 0.250 e. The van der Waals surface area contributed by atoms with Crippen LogP contribution in [0.3, 0.4) is 0 Å². The highest BCUT2D eigenvalue weighted by atomic mass is 16.2. The number of anilines is 2. The van der Waals surface area contributed by atoms with E-state index in [4.69, 9.17) is 0 Å². The summed E-state index contributed by atoms with van der Waals surface area (Å²) in [4.78, 5) is 26.1. The molecule has 0 amide bonds. The molecule has 3 heteroatoms. The zero-order valence-corrected chi connectivity index (χ0v) is 12.7. The molecule has 0 atom stereocenters. The number of hydrogen-bond acceptors (Lipinski definition) is 3. The van der Waals surface area contributed by atoms with E-state index in [1.807, 2.05) is 73.3 Å². The minimum absolute atomic E-state index is 0.395. The molecule has 0 saturated heterocycles. The van der Waals surface area contributed by atoms with Crippen molar-refractivity contribution in [2.24, 2.45) is 0 Å². The van der Waals surface area contributed by atoms with Crippen LogP contribution in [0, 0.1) is 6.92 Å². The second kappa shape index (κ2) is 5.60. The molecule has 0 bridgehead atoms. The Bertz CT molecular complexity index is 857. The van der Waals surface area contributed by atoms with Crippen molar-refractivity contribution in [3.05, 3.63) is 80.6 Å². The normalized spacial score (nSPS) is 10.8. The summed E-state index contributed by atoms with van der Waals surface area (Å²) in [5.41, 5.74) is 3.08. The van der Waals surface area contributed by atoms with Gasteiger partial charge in [-0.15, -0.1) is 0 Å². The van der Waals surface area contributed by atoms with Gasteiger partial charge in [-0.25, -0.2) is 0 Å². The molecule has 3 aromatic rings. The van der Waals surface area contributed by atoms with E-state index in [-0.39, 0.29) is 0 Å². The number of rotatable bonds is 4. The third kappa shape index (κ3) is 2.25. The first-order valence-electron chi connectivity index (χ1n) is 7.36. The molecule has 0 N–H and O–H groups in total. The lowest BCUT2D eigenvalue weighted by Crippen LogP contribution is -2.40. The van der Waals surface area contributed by atoms with Crippen molar-refractivity contribution in [2.45, 2.75) is 13.8 Å².